The van der Waals surface area contributed by atoms with Crippen LogP contribution in [-0.2, 0) is 4.74 Å². The van der Waals surface area contributed by atoms with E-state index in [1.165, 1.54) is 19.2 Å². The van der Waals surface area contributed by atoms with Crippen LogP contribution < -0.4 is 19.7 Å². The molecule has 0 amide bonds. The van der Waals surface area contributed by atoms with Crippen LogP contribution in [0.1, 0.15) is 13.8 Å². The summed E-state index contributed by atoms with van der Waals surface area (Å²) in [4.78, 5) is 14.7. The van der Waals surface area contributed by atoms with Crippen molar-refractivity contribution < 1.29 is 27.4 Å². The van der Waals surface area contributed by atoms with Crippen molar-refractivity contribution in [1.29, 1.82) is 0 Å². The lowest BCUT2D eigenvalue weighted by atomic mass is 10.1. The number of hydrogen-bond acceptors (Lipinski definition) is 8. The molecule has 0 aliphatic carbocycles. The Morgan fingerprint density at radius 3 is 2.41 bits per heavy atom. The number of alkyl halides is 2. The first kappa shape index (κ1) is 23.6. The van der Waals surface area contributed by atoms with E-state index in [4.69, 9.17) is 9.47 Å². The van der Waals surface area contributed by atoms with Gasteiger partial charge in [0.05, 0.1) is 25.5 Å². The van der Waals surface area contributed by atoms with Crippen molar-refractivity contribution in [3.63, 3.8) is 0 Å². The van der Waals surface area contributed by atoms with Crippen LogP contribution in [0.25, 0.3) is 11.1 Å². The topological polar surface area (TPSA) is 81.6 Å². The van der Waals surface area contributed by atoms with Gasteiger partial charge in [-0.05, 0) is 37.6 Å². The Balaban J connectivity index is 1.61. The summed E-state index contributed by atoms with van der Waals surface area (Å²) >= 11 is 0. The first-order valence-electron chi connectivity index (χ1n) is 10.6. The Kier molecular flexibility index (Phi) is 7.01. The van der Waals surface area contributed by atoms with Crippen molar-refractivity contribution in [3.8, 4) is 22.8 Å². The van der Waals surface area contributed by atoms with E-state index >= 15 is 0 Å². The lowest BCUT2D eigenvalue weighted by molar-refractivity contribution is -0.0498. The second-order valence-corrected chi connectivity index (χ2v) is 7.84. The lowest BCUT2D eigenvalue weighted by Crippen LogP contribution is -2.46. The third kappa shape index (κ3) is 5.48. The summed E-state index contributed by atoms with van der Waals surface area (Å²) in [5.74, 6) is -0.0205. The average Bonchev–Trinajstić information content (AvgIpc) is 2.80. The Morgan fingerprint density at radius 2 is 1.76 bits per heavy atom. The molecule has 180 valence electrons. The highest BCUT2D eigenvalue weighted by Crippen LogP contribution is 2.32. The third-order valence-corrected chi connectivity index (χ3v) is 5.14. The molecule has 0 bridgehead atoms. The number of morpholine rings is 1. The molecule has 1 aliphatic heterocycles. The number of aromatic nitrogens is 3. The maximum absolute atomic E-state index is 14.6. The fourth-order valence-electron chi connectivity index (χ4n) is 3.76. The number of pyridine rings is 1. The number of anilines is 3. The van der Waals surface area contributed by atoms with Gasteiger partial charge in [-0.25, -0.2) is 14.4 Å². The molecule has 11 heteroatoms. The summed E-state index contributed by atoms with van der Waals surface area (Å²) < 4.78 is 54.9. The molecule has 2 atom stereocenters. The predicted octanol–water partition coefficient (Wildman–Crippen LogP) is 4.64. The zero-order valence-electron chi connectivity index (χ0n) is 18.8. The lowest BCUT2D eigenvalue weighted by Gasteiger charge is -2.35. The van der Waals surface area contributed by atoms with Gasteiger partial charge in [-0.1, -0.05) is 12.1 Å². The van der Waals surface area contributed by atoms with Crippen LogP contribution >= 0.6 is 0 Å². The number of methoxy groups -OCH3 is 1. The molecule has 0 radical (unpaired) electrons. The maximum atomic E-state index is 14.6. The van der Waals surface area contributed by atoms with Gasteiger partial charge in [-0.2, -0.15) is 13.8 Å². The molecule has 2 unspecified atom stereocenters. The summed E-state index contributed by atoms with van der Waals surface area (Å²) in [5, 5.41) is 2.95. The summed E-state index contributed by atoms with van der Waals surface area (Å²) in [6.45, 7) is 2.18. The van der Waals surface area contributed by atoms with Crippen molar-refractivity contribution in [2.75, 3.05) is 30.4 Å². The van der Waals surface area contributed by atoms with Gasteiger partial charge in [0.25, 0.3) is 0 Å². The number of nitrogens with zero attached hydrogens (tertiary/aromatic N) is 4. The first-order valence-corrected chi connectivity index (χ1v) is 10.6. The van der Waals surface area contributed by atoms with E-state index in [1.54, 1.807) is 24.4 Å². The maximum Gasteiger partial charge on any atom is 0.387 e. The Morgan fingerprint density at radius 1 is 1.06 bits per heavy atom. The minimum absolute atomic E-state index is 0.00716. The molecule has 3 heterocycles. The van der Waals surface area contributed by atoms with Crippen molar-refractivity contribution in [3.05, 3.63) is 48.5 Å². The van der Waals surface area contributed by atoms with Gasteiger partial charge in [0.2, 0.25) is 11.8 Å². The molecule has 0 saturated carbocycles. The summed E-state index contributed by atoms with van der Waals surface area (Å²) in [5.41, 5.74) is 1.72. The Hall–Kier alpha value is -3.60. The summed E-state index contributed by atoms with van der Waals surface area (Å²) in [6.07, 6.45) is 2.66. The van der Waals surface area contributed by atoms with E-state index < -0.39 is 12.4 Å². The van der Waals surface area contributed by atoms with Gasteiger partial charge < -0.3 is 24.4 Å². The van der Waals surface area contributed by atoms with Gasteiger partial charge in [-0.15, -0.1) is 0 Å². The fraction of sp³-hybridized carbons (Fsp3) is 0.348. The molecule has 1 N–H and O–H groups in total. The molecule has 0 spiro atoms. The number of rotatable bonds is 7. The number of hydrogen-bond donors (Lipinski definition) is 1. The van der Waals surface area contributed by atoms with Crippen LogP contribution in [0, 0.1) is 5.82 Å². The zero-order chi connectivity index (χ0) is 24.2. The van der Waals surface area contributed by atoms with Crippen molar-refractivity contribution in [2.24, 2.45) is 0 Å². The molecule has 2 aromatic heterocycles. The quantitative estimate of drug-likeness (QED) is 0.529. The highest BCUT2D eigenvalue weighted by atomic mass is 19.3. The smallest absolute Gasteiger partial charge is 0.387 e. The minimum Gasteiger partial charge on any atom is -0.480 e. The minimum atomic E-state index is -2.90. The largest absolute Gasteiger partial charge is 0.480 e. The van der Waals surface area contributed by atoms with Crippen molar-refractivity contribution >= 4 is 17.5 Å². The molecule has 4 rings (SSSR count). The Bertz CT molecular complexity index is 1120. The number of halogens is 3. The van der Waals surface area contributed by atoms with E-state index in [1.807, 2.05) is 18.7 Å². The molecule has 34 heavy (non-hydrogen) atoms. The van der Waals surface area contributed by atoms with E-state index in [2.05, 4.69) is 25.0 Å². The highest BCUT2D eigenvalue weighted by Gasteiger charge is 2.25. The predicted molar refractivity (Wildman–Crippen MR) is 120 cm³/mol. The zero-order valence-corrected chi connectivity index (χ0v) is 18.8. The van der Waals surface area contributed by atoms with E-state index in [9.17, 15) is 13.2 Å². The first-order chi connectivity index (χ1) is 16.3. The van der Waals surface area contributed by atoms with Crippen molar-refractivity contribution in [2.45, 2.75) is 32.7 Å². The SMILES string of the molecule is COc1ncc(-c2ccc(OC(F)F)cc2)cc1Nc1nc(N2CC(C)OC(C)C2)ncc1F. The van der Waals surface area contributed by atoms with Crippen LogP contribution in [0.15, 0.2) is 42.7 Å². The highest BCUT2D eigenvalue weighted by molar-refractivity contribution is 5.72. The normalized spacial score (nSPS) is 18.1. The van der Waals surface area contributed by atoms with Crippen LogP contribution in [-0.4, -0.2) is 54.0 Å². The van der Waals surface area contributed by atoms with Crippen molar-refractivity contribution in [1.82, 2.24) is 15.0 Å². The van der Waals surface area contributed by atoms with Gasteiger partial charge >= 0.3 is 6.61 Å². The summed E-state index contributed by atoms with van der Waals surface area (Å²) in [6, 6.07) is 7.80. The van der Waals surface area contributed by atoms with Gasteiger partial charge in [0.1, 0.15) is 11.4 Å². The fourth-order valence-corrected chi connectivity index (χ4v) is 3.76. The van der Waals surface area contributed by atoms with Crippen LogP contribution in [0.2, 0.25) is 0 Å². The monoisotopic (exact) mass is 475 g/mol. The van der Waals surface area contributed by atoms with Gasteiger partial charge in [0, 0.05) is 24.8 Å². The molecular formula is C23H24F3N5O3. The van der Waals surface area contributed by atoms with E-state index in [0.717, 1.165) is 6.20 Å². The number of ether oxygens (including phenoxy) is 3. The van der Waals surface area contributed by atoms with E-state index in [0.29, 0.717) is 35.9 Å². The molecular weight excluding hydrogens is 451 g/mol. The summed E-state index contributed by atoms with van der Waals surface area (Å²) in [7, 11) is 1.45. The molecule has 8 nitrogen and oxygen atoms in total. The van der Waals surface area contributed by atoms with E-state index in [-0.39, 0.29) is 29.7 Å². The standard InChI is InChI=1S/C23H24F3N5O3/c1-13-11-31(12-14(2)33-13)23-28-10-18(24)20(30-23)29-19-8-16(9-27-21(19)32-3)15-4-6-17(7-5-15)34-22(25)26/h4-10,13-14,22H,11-12H2,1-3H3,(H,28,29,30). The average molecular weight is 475 g/mol. The molecule has 1 saturated heterocycles. The Labute approximate surface area is 194 Å². The number of benzene rings is 1. The van der Waals surface area contributed by atoms with Gasteiger partial charge in [-0.3, -0.25) is 0 Å². The number of nitrogens with one attached hydrogen (secondary N) is 1. The van der Waals surface area contributed by atoms with Gasteiger partial charge in [0.15, 0.2) is 11.6 Å². The van der Waals surface area contributed by atoms with Crippen LogP contribution in [0.5, 0.6) is 11.6 Å². The molecule has 1 fully saturated rings. The second-order valence-electron chi connectivity index (χ2n) is 7.84. The molecule has 3 aromatic rings. The second kappa shape index (κ2) is 10.1. The third-order valence-electron chi connectivity index (χ3n) is 5.14. The van der Waals surface area contributed by atoms with Crippen LogP contribution in [0.4, 0.5) is 30.6 Å². The van der Waals surface area contributed by atoms with Crippen LogP contribution in [0.3, 0.4) is 0 Å². The molecule has 1 aliphatic rings. The molecule has 1 aromatic carbocycles.